The van der Waals surface area contributed by atoms with Gasteiger partial charge in [-0.2, -0.15) is 0 Å². The topological polar surface area (TPSA) is 14.2 Å². The molecule has 0 aliphatic heterocycles. The van der Waals surface area contributed by atoms with Crippen molar-refractivity contribution in [2.75, 3.05) is 7.11 Å². The van der Waals surface area contributed by atoms with Gasteiger partial charge in [-0.25, -0.2) is 8.78 Å². The van der Waals surface area contributed by atoms with Crippen molar-refractivity contribution in [1.82, 2.24) is 4.57 Å². The second-order valence-electron chi connectivity index (χ2n) is 3.35. The molecule has 0 spiro atoms. The van der Waals surface area contributed by atoms with Crippen molar-refractivity contribution in [2.24, 2.45) is 0 Å². The largest absolute Gasteiger partial charge is 0.495 e. The summed E-state index contributed by atoms with van der Waals surface area (Å²) in [5.74, 6) is -0.684. The van der Waals surface area contributed by atoms with E-state index in [4.69, 9.17) is 4.74 Å². The van der Waals surface area contributed by atoms with Crippen LogP contribution in [-0.4, -0.2) is 11.7 Å². The Hall–Kier alpha value is -1.84. The number of ether oxygens (including phenoxy) is 1. The highest BCUT2D eigenvalue weighted by Gasteiger charge is 2.10. The van der Waals surface area contributed by atoms with E-state index >= 15 is 0 Å². The molecule has 1 aromatic heterocycles. The highest BCUT2D eigenvalue weighted by molar-refractivity contribution is 5.46. The first kappa shape index (κ1) is 10.7. The summed E-state index contributed by atoms with van der Waals surface area (Å²) < 4.78 is 32.9. The van der Waals surface area contributed by atoms with Gasteiger partial charge in [0.15, 0.2) is 0 Å². The maximum atomic E-state index is 13.6. The van der Waals surface area contributed by atoms with Gasteiger partial charge in [0.25, 0.3) is 0 Å². The van der Waals surface area contributed by atoms with Crippen LogP contribution in [0.15, 0.2) is 30.6 Å². The number of methoxy groups -OCH3 is 1. The maximum Gasteiger partial charge on any atom is 0.150 e. The van der Waals surface area contributed by atoms with Gasteiger partial charge in [-0.3, -0.25) is 0 Å². The molecule has 2 nitrogen and oxygen atoms in total. The average Bonchev–Trinajstić information content (AvgIpc) is 2.64. The fourth-order valence-corrected chi connectivity index (χ4v) is 1.55. The predicted octanol–water partition coefficient (Wildman–Crippen LogP) is 2.95. The fourth-order valence-electron chi connectivity index (χ4n) is 1.55. The summed E-state index contributed by atoms with van der Waals surface area (Å²) >= 11 is 0. The van der Waals surface area contributed by atoms with Crippen LogP contribution in [0.1, 0.15) is 5.56 Å². The van der Waals surface area contributed by atoms with Crippen LogP contribution < -0.4 is 4.74 Å². The van der Waals surface area contributed by atoms with E-state index in [-0.39, 0.29) is 11.3 Å². The lowest BCUT2D eigenvalue weighted by Crippen LogP contribution is -1.99. The summed E-state index contributed by atoms with van der Waals surface area (Å²) in [6.07, 6.45) is 3.23. The van der Waals surface area contributed by atoms with E-state index in [1.165, 1.54) is 17.7 Å². The first-order valence-electron chi connectivity index (χ1n) is 4.65. The molecule has 1 radical (unpaired) electrons. The molecule has 0 saturated heterocycles. The van der Waals surface area contributed by atoms with Crippen LogP contribution in [0.25, 0.3) is 5.69 Å². The van der Waals surface area contributed by atoms with Gasteiger partial charge in [-0.05, 0) is 24.6 Å². The number of hydrogen-bond donors (Lipinski definition) is 0. The van der Waals surface area contributed by atoms with Gasteiger partial charge < -0.3 is 9.30 Å². The average molecular weight is 222 g/mol. The van der Waals surface area contributed by atoms with Crippen LogP contribution in [0.3, 0.4) is 0 Å². The molecule has 0 bridgehead atoms. The molecular formula is C12H10F2NO. The van der Waals surface area contributed by atoms with E-state index in [1.54, 1.807) is 18.5 Å². The van der Waals surface area contributed by atoms with Gasteiger partial charge in [0.1, 0.15) is 17.4 Å². The lowest BCUT2D eigenvalue weighted by Gasteiger charge is -2.08. The van der Waals surface area contributed by atoms with Crippen LogP contribution in [-0.2, 0) is 0 Å². The van der Waals surface area contributed by atoms with Gasteiger partial charge in [0, 0.05) is 12.3 Å². The smallest absolute Gasteiger partial charge is 0.150 e. The number of nitrogens with zero attached hydrogens (tertiary/aromatic N) is 1. The Labute approximate surface area is 92.1 Å². The summed E-state index contributed by atoms with van der Waals surface area (Å²) in [5.41, 5.74) is 0.514. The van der Waals surface area contributed by atoms with E-state index in [2.05, 4.69) is 6.92 Å². The number of halogens is 2. The summed E-state index contributed by atoms with van der Waals surface area (Å²) in [7, 11) is 1.52. The van der Waals surface area contributed by atoms with Crippen molar-refractivity contribution in [3.63, 3.8) is 0 Å². The number of aromatic nitrogens is 1. The van der Waals surface area contributed by atoms with Crippen molar-refractivity contribution in [1.29, 1.82) is 0 Å². The summed E-state index contributed by atoms with van der Waals surface area (Å²) in [6, 6.07) is 3.70. The van der Waals surface area contributed by atoms with Crippen LogP contribution in [0.5, 0.6) is 5.75 Å². The molecular weight excluding hydrogens is 212 g/mol. The molecule has 4 heteroatoms. The fraction of sp³-hybridized carbons (Fsp3) is 0.0833. The Morgan fingerprint density at radius 1 is 1.31 bits per heavy atom. The third-order valence-corrected chi connectivity index (χ3v) is 2.27. The molecule has 2 aromatic rings. The molecule has 0 N–H and O–H groups in total. The van der Waals surface area contributed by atoms with E-state index in [1.807, 2.05) is 0 Å². The number of benzene rings is 1. The lowest BCUT2D eigenvalue weighted by atomic mass is 10.2. The zero-order chi connectivity index (χ0) is 11.7. The Balaban J connectivity index is 2.55. The van der Waals surface area contributed by atoms with Crippen LogP contribution >= 0.6 is 0 Å². The molecule has 1 aromatic carbocycles. The van der Waals surface area contributed by atoms with Gasteiger partial charge in [-0.15, -0.1) is 0 Å². The molecule has 1 heterocycles. The molecule has 16 heavy (non-hydrogen) atoms. The summed E-state index contributed by atoms with van der Waals surface area (Å²) in [6.45, 7) is 3.61. The van der Waals surface area contributed by atoms with Crippen LogP contribution in [0.2, 0.25) is 0 Å². The van der Waals surface area contributed by atoms with E-state index in [9.17, 15) is 8.78 Å². The third kappa shape index (κ3) is 1.78. The normalized spacial score (nSPS) is 10.5. The second kappa shape index (κ2) is 3.96. The summed E-state index contributed by atoms with van der Waals surface area (Å²) in [4.78, 5) is 0. The Morgan fingerprint density at radius 3 is 2.62 bits per heavy atom. The SMILES string of the molecule is [CH2]c1cc(F)cc(F)c1-n1ccc(OC)c1. The molecule has 0 fully saturated rings. The van der Waals surface area contributed by atoms with E-state index in [0.717, 1.165) is 6.07 Å². The molecule has 0 amide bonds. The number of rotatable bonds is 2. The highest BCUT2D eigenvalue weighted by Crippen LogP contribution is 2.22. The maximum absolute atomic E-state index is 13.6. The molecule has 0 atom stereocenters. The van der Waals surface area contributed by atoms with Crippen molar-refractivity contribution in [3.8, 4) is 11.4 Å². The zero-order valence-electron chi connectivity index (χ0n) is 8.71. The third-order valence-electron chi connectivity index (χ3n) is 2.27. The molecule has 0 saturated carbocycles. The minimum Gasteiger partial charge on any atom is -0.495 e. The molecule has 0 aliphatic carbocycles. The second-order valence-corrected chi connectivity index (χ2v) is 3.35. The van der Waals surface area contributed by atoms with Crippen LogP contribution in [0, 0.1) is 18.6 Å². The Kier molecular flexibility index (Phi) is 2.64. The standard InChI is InChI=1S/C12H10F2NO/c1-8-5-9(13)6-11(14)12(8)15-4-3-10(7-15)16-2/h3-7H,1H2,2H3. The highest BCUT2D eigenvalue weighted by atomic mass is 19.1. The molecule has 0 aliphatic rings. The summed E-state index contributed by atoms with van der Waals surface area (Å²) in [5, 5.41) is 0. The quantitative estimate of drug-likeness (QED) is 0.762. The minimum atomic E-state index is -0.650. The van der Waals surface area contributed by atoms with Crippen LogP contribution in [0.4, 0.5) is 8.78 Å². The Bertz CT molecular complexity index is 496. The number of hydrogen-bond acceptors (Lipinski definition) is 1. The van der Waals surface area contributed by atoms with Crippen molar-refractivity contribution in [2.45, 2.75) is 0 Å². The Morgan fingerprint density at radius 2 is 2.06 bits per heavy atom. The van der Waals surface area contributed by atoms with Gasteiger partial charge in [0.05, 0.1) is 19.0 Å². The first-order valence-corrected chi connectivity index (χ1v) is 4.65. The molecule has 0 unspecified atom stereocenters. The van der Waals surface area contributed by atoms with Gasteiger partial charge in [0.2, 0.25) is 0 Å². The van der Waals surface area contributed by atoms with Gasteiger partial charge in [-0.1, -0.05) is 0 Å². The first-order chi connectivity index (χ1) is 7.61. The zero-order valence-corrected chi connectivity index (χ0v) is 8.71. The molecule has 83 valence electrons. The van der Waals surface area contributed by atoms with Gasteiger partial charge >= 0.3 is 0 Å². The lowest BCUT2D eigenvalue weighted by molar-refractivity contribution is 0.415. The van der Waals surface area contributed by atoms with E-state index in [0.29, 0.717) is 5.75 Å². The van der Waals surface area contributed by atoms with Crippen molar-refractivity contribution >= 4 is 0 Å². The van der Waals surface area contributed by atoms with Crippen molar-refractivity contribution < 1.29 is 13.5 Å². The minimum absolute atomic E-state index is 0.227. The monoisotopic (exact) mass is 222 g/mol. The molecule has 2 rings (SSSR count). The van der Waals surface area contributed by atoms with Crippen molar-refractivity contribution in [3.05, 3.63) is 54.7 Å². The predicted molar refractivity (Wildman–Crippen MR) is 56.7 cm³/mol. The van der Waals surface area contributed by atoms with E-state index < -0.39 is 11.6 Å².